The molecule has 0 aliphatic rings. The minimum Gasteiger partial charge on any atom is -0.454 e. The van der Waals surface area contributed by atoms with E-state index in [0.29, 0.717) is 5.82 Å². The Hall–Kier alpha value is -2.36. The van der Waals surface area contributed by atoms with Gasteiger partial charge in [0.1, 0.15) is 11.3 Å². The van der Waals surface area contributed by atoms with Crippen LogP contribution in [-0.4, -0.2) is 17.0 Å². The molecular weight excluding hydrogens is 226 g/mol. The van der Waals surface area contributed by atoms with E-state index in [4.69, 9.17) is 4.42 Å². The van der Waals surface area contributed by atoms with Crippen molar-refractivity contribution in [2.45, 2.75) is 6.92 Å². The molecular formula is C14H13N3O. The van der Waals surface area contributed by atoms with Crippen LogP contribution in [0.3, 0.4) is 0 Å². The fourth-order valence-electron chi connectivity index (χ4n) is 2.03. The number of fused-ring (bicyclic) bond motifs is 1. The standard InChI is InChI=1S/C14H13N3O/c1-9-4-3-5-10-8-11(18-13(9)10)12-14(15-2)17-7-6-16-12/h3-8H,1-2H3,(H,15,17). The van der Waals surface area contributed by atoms with Crippen molar-refractivity contribution in [2.24, 2.45) is 0 Å². The summed E-state index contributed by atoms with van der Waals surface area (Å²) in [6, 6.07) is 8.08. The third kappa shape index (κ3) is 1.62. The van der Waals surface area contributed by atoms with Gasteiger partial charge < -0.3 is 9.73 Å². The molecule has 0 unspecified atom stereocenters. The van der Waals surface area contributed by atoms with Crippen molar-refractivity contribution in [3.05, 3.63) is 42.2 Å². The number of hydrogen-bond donors (Lipinski definition) is 1. The Morgan fingerprint density at radius 2 is 2.00 bits per heavy atom. The highest BCUT2D eigenvalue weighted by Gasteiger charge is 2.12. The van der Waals surface area contributed by atoms with Crippen LogP contribution >= 0.6 is 0 Å². The summed E-state index contributed by atoms with van der Waals surface area (Å²) in [6.07, 6.45) is 3.32. The maximum atomic E-state index is 5.88. The molecule has 1 aromatic carbocycles. The first kappa shape index (κ1) is 10.8. The summed E-state index contributed by atoms with van der Waals surface area (Å²) >= 11 is 0. The Bertz CT molecular complexity index is 703. The molecule has 0 spiro atoms. The third-order valence-electron chi connectivity index (χ3n) is 2.91. The molecule has 0 amide bonds. The van der Waals surface area contributed by atoms with Gasteiger partial charge in [0.2, 0.25) is 0 Å². The van der Waals surface area contributed by atoms with E-state index in [1.54, 1.807) is 12.4 Å². The molecule has 90 valence electrons. The summed E-state index contributed by atoms with van der Waals surface area (Å²) < 4.78 is 5.88. The molecule has 3 rings (SSSR count). The summed E-state index contributed by atoms with van der Waals surface area (Å²) in [5.41, 5.74) is 2.75. The third-order valence-corrected chi connectivity index (χ3v) is 2.91. The number of para-hydroxylation sites is 1. The lowest BCUT2D eigenvalue weighted by atomic mass is 10.2. The van der Waals surface area contributed by atoms with E-state index < -0.39 is 0 Å². The number of anilines is 1. The maximum Gasteiger partial charge on any atom is 0.157 e. The first-order valence-electron chi connectivity index (χ1n) is 5.78. The van der Waals surface area contributed by atoms with E-state index in [-0.39, 0.29) is 0 Å². The molecule has 0 aliphatic carbocycles. The highest BCUT2D eigenvalue weighted by atomic mass is 16.3. The number of aromatic nitrogens is 2. The molecule has 18 heavy (non-hydrogen) atoms. The number of furan rings is 1. The molecule has 0 fully saturated rings. The summed E-state index contributed by atoms with van der Waals surface area (Å²) in [5.74, 6) is 1.45. The number of benzene rings is 1. The second-order valence-corrected chi connectivity index (χ2v) is 4.11. The van der Waals surface area contributed by atoms with Gasteiger partial charge in [-0.25, -0.2) is 9.97 Å². The lowest BCUT2D eigenvalue weighted by Gasteiger charge is -2.02. The molecule has 0 radical (unpaired) electrons. The minimum atomic E-state index is 0.717. The van der Waals surface area contributed by atoms with Crippen LogP contribution in [0, 0.1) is 6.92 Å². The van der Waals surface area contributed by atoms with Gasteiger partial charge in [0.05, 0.1) is 0 Å². The number of hydrogen-bond acceptors (Lipinski definition) is 4. The number of nitrogens with one attached hydrogen (secondary N) is 1. The monoisotopic (exact) mass is 239 g/mol. The lowest BCUT2D eigenvalue weighted by molar-refractivity contribution is 0.626. The predicted molar refractivity (Wildman–Crippen MR) is 71.5 cm³/mol. The van der Waals surface area contributed by atoms with Crippen molar-refractivity contribution in [3.63, 3.8) is 0 Å². The Kier molecular flexibility index (Phi) is 2.48. The molecule has 4 heteroatoms. The summed E-state index contributed by atoms with van der Waals surface area (Å²) in [4.78, 5) is 8.56. The smallest absolute Gasteiger partial charge is 0.157 e. The zero-order valence-electron chi connectivity index (χ0n) is 10.3. The molecule has 0 saturated heterocycles. The van der Waals surface area contributed by atoms with Crippen molar-refractivity contribution < 1.29 is 4.42 Å². The Balaban J connectivity index is 2.23. The van der Waals surface area contributed by atoms with Crippen LogP contribution in [0.1, 0.15) is 5.56 Å². The molecule has 0 aliphatic heterocycles. The molecule has 2 aromatic heterocycles. The van der Waals surface area contributed by atoms with Crippen molar-refractivity contribution in [2.75, 3.05) is 12.4 Å². The average molecular weight is 239 g/mol. The van der Waals surface area contributed by atoms with Gasteiger partial charge in [0, 0.05) is 24.8 Å². The van der Waals surface area contributed by atoms with Crippen molar-refractivity contribution in [3.8, 4) is 11.5 Å². The summed E-state index contributed by atoms with van der Waals surface area (Å²) in [5, 5.41) is 4.10. The van der Waals surface area contributed by atoms with Crippen LogP contribution in [0.15, 0.2) is 41.1 Å². The molecule has 0 saturated carbocycles. The molecule has 1 N–H and O–H groups in total. The minimum absolute atomic E-state index is 0.717. The van der Waals surface area contributed by atoms with Crippen LogP contribution in [0.4, 0.5) is 5.82 Å². The average Bonchev–Trinajstić information content (AvgIpc) is 2.84. The van der Waals surface area contributed by atoms with Crippen LogP contribution < -0.4 is 5.32 Å². The van der Waals surface area contributed by atoms with Crippen LogP contribution in [0.2, 0.25) is 0 Å². The largest absolute Gasteiger partial charge is 0.454 e. The van der Waals surface area contributed by atoms with Gasteiger partial charge in [0.25, 0.3) is 0 Å². The van der Waals surface area contributed by atoms with E-state index in [1.807, 2.05) is 38.2 Å². The van der Waals surface area contributed by atoms with Crippen molar-refractivity contribution in [1.82, 2.24) is 9.97 Å². The zero-order valence-corrected chi connectivity index (χ0v) is 10.3. The van der Waals surface area contributed by atoms with Crippen molar-refractivity contribution >= 4 is 16.8 Å². The van der Waals surface area contributed by atoms with Gasteiger partial charge >= 0.3 is 0 Å². The molecule has 3 aromatic rings. The van der Waals surface area contributed by atoms with E-state index in [0.717, 1.165) is 28.0 Å². The number of aryl methyl sites for hydroxylation is 1. The molecule has 4 nitrogen and oxygen atoms in total. The van der Waals surface area contributed by atoms with E-state index in [1.165, 1.54) is 0 Å². The summed E-state index contributed by atoms with van der Waals surface area (Å²) in [6.45, 7) is 2.03. The van der Waals surface area contributed by atoms with Gasteiger partial charge in [-0.05, 0) is 18.6 Å². The Morgan fingerprint density at radius 1 is 1.17 bits per heavy atom. The first-order chi connectivity index (χ1) is 8.79. The van der Waals surface area contributed by atoms with Gasteiger partial charge in [-0.15, -0.1) is 0 Å². The zero-order chi connectivity index (χ0) is 12.5. The second kappa shape index (κ2) is 4.14. The summed E-state index contributed by atoms with van der Waals surface area (Å²) in [7, 11) is 1.82. The van der Waals surface area contributed by atoms with E-state index >= 15 is 0 Å². The molecule has 0 atom stereocenters. The number of rotatable bonds is 2. The van der Waals surface area contributed by atoms with Gasteiger partial charge in [-0.3, -0.25) is 0 Å². The molecule has 2 heterocycles. The van der Waals surface area contributed by atoms with Gasteiger partial charge in [0.15, 0.2) is 11.6 Å². The van der Waals surface area contributed by atoms with Crippen LogP contribution in [-0.2, 0) is 0 Å². The topological polar surface area (TPSA) is 51.0 Å². The first-order valence-corrected chi connectivity index (χ1v) is 5.78. The Morgan fingerprint density at radius 3 is 2.78 bits per heavy atom. The van der Waals surface area contributed by atoms with Gasteiger partial charge in [-0.1, -0.05) is 18.2 Å². The maximum absolute atomic E-state index is 5.88. The quantitative estimate of drug-likeness (QED) is 0.745. The molecule has 0 bridgehead atoms. The second-order valence-electron chi connectivity index (χ2n) is 4.11. The van der Waals surface area contributed by atoms with Crippen molar-refractivity contribution in [1.29, 1.82) is 0 Å². The normalized spacial score (nSPS) is 10.8. The predicted octanol–water partition coefficient (Wildman–Crippen LogP) is 3.24. The fraction of sp³-hybridized carbons (Fsp3) is 0.143. The SMILES string of the molecule is CNc1nccnc1-c1cc2cccc(C)c2o1. The lowest BCUT2D eigenvalue weighted by Crippen LogP contribution is -1.96. The fourth-order valence-corrected chi connectivity index (χ4v) is 2.03. The number of nitrogens with zero attached hydrogens (tertiary/aromatic N) is 2. The highest BCUT2D eigenvalue weighted by Crippen LogP contribution is 2.31. The highest BCUT2D eigenvalue weighted by molar-refractivity contribution is 5.86. The van der Waals surface area contributed by atoms with Gasteiger partial charge in [-0.2, -0.15) is 0 Å². The van der Waals surface area contributed by atoms with E-state index in [9.17, 15) is 0 Å². The Labute approximate surface area is 105 Å². The van der Waals surface area contributed by atoms with Crippen LogP contribution in [0.25, 0.3) is 22.4 Å². The van der Waals surface area contributed by atoms with Crippen LogP contribution in [0.5, 0.6) is 0 Å². The van der Waals surface area contributed by atoms with E-state index in [2.05, 4.69) is 15.3 Å².